The van der Waals surface area contributed by atoms with Gasteiger partial charge in [-0.15, -0.1) is 0 Å². The molecule has 0 radical (unpaired) electrons. The number of benzene rings is 2. The van der Waals surface area contributed by atoms with Gasteiger partial charge in [-0.2, -0.15) is 0 Å². The SMILES string of the molecule is O=C(NCc1ccc(F)cc1)c1ccc2oc(-c3ccnc(Cl)c3)nc2c1. The summed E-state index contributed by atoms with van der Waals surface area (Å²) in [5.74, 6) is -0.163. The van der Waals surface area contributed by atoms with Crippen molar-refractivity contribution in [2.75, 3.05) is 0 Å². The highest BCUT2D eigenvalue weighted by Crippen LogP contribution is 2.26. The number of fused-ring (bicyclic) bond motifs is 1. The molecule has 0 fully saturated rings. The van der Waals surface area contributed by atoms with Crippen molar-refractivity contribution in [3.63, 3.8) is 0 Å². The summed E-state index contributed by atoms with van der Waals surface area (Å²) in [6, 6.07) is 14.4. The third-order valence-corrected chi connectivity index (χ3v) is 4.20. The van der Waals surface area contributed by atoms with Crippen molar-refractivity contribution in [1.82, 2.24) is 15.3 Å². The molecule has 7 heteroatoms. The number of carbonyl (C=O) groups excluding carboxylic acids is 1. The van der Waals surface area contributed by atoms with E-state index in [4.69, 9.17) is 16.0 Å². The van der Waals surface area contributed by atoms with Crippen molar-refractivity contribution < 1.29 is 13.6 Å². The maximum atomic E-state index is 12.9. The molecule has 0 atom stereocenters. The summed E-state index contributed by atoms with van der Waals surface area (Å²) in [6.45, 7) is 0.302. The molecule has 0 bridgehead atoms. The van der Waals surface area contributed by atoms with E-state index in [9.17, 15) is 9.18 Å². The number of halogens is 2. The average Bonchev–Trinajstić information content (AvgIpc) is 3.11. The number of nitrogens with zero attached hydrogens (tertiary/aromatic N) is 2. The van der Waals surface area contributed by atoms with Gasteiger partial charge in [0.2, 0.25) is 5.89 Å². The second-order valence-corrected chi connectivity index (χ2v) is 6.27. The number of nitrogens with one attached hydrogen (secondary N) is 1. The zero-order chi connectivity index (χ0) is 18.8. The first-order chi connectivity index (χ1) is 13.1. The van der Waals surface area contributed by atoms with E-state index in [1.54, 1.807) is 48.7 Å². The minimum Gasteiger partial charge on any atom is -0.436 e. The Bertz CT molecular complexity index is 1130. The van der Waals surface area contributed by atoms with Crippen LogP contribution < -0.4 is 5.32 Å². The van der Waals surface area contributed by atoms with Crippen LogP contribution in [0.5, 0.6) is 0 Å². The number of rotatable bonds is 4. The van der Waals surface area contributed by atoms with Gasteiger partial charge in [-0.3, -0.25) is 4.79 Å². The highest BCUT2D eigenvalue weighted by molar-refractivity contribution is 6.29. The number of carbonyl (C=O) groups is 1. The van der Waals surface area contributed by atoms with Crippen LogP contribution in [0.4, 0.5) is 4.39 Å². The molecule has 0 spiro atoms. The lowest BCUT2D eigenvalue weighted by Crippen LogP contribution is -2.22. The Morgan fingerprint density at radius 3 is 2.70 bits per heavy atom. The molecule has 0 aliphatic rings. The minimum absolute atomic E-state index is 0.252. The van der Waals surface area contributed by atoms with Crippen molar-refractivity contribution in [1.29, 1.82) is 0 Å². The van der Waals surface area contributed by atoms with Gasteiger partial charge in [0, 0.05) is 23.9 Å². The predicted octanol–water partition coefficient (Wildman–Crippen LogP) is 4.61. The molecule has 2 aromatic carbocycles. The van der Waals surface area contributed by atoms with Crippen molar-refractivity contribution in [2.24, 2.45) is 0 Å². The molecule has 0 saturated heterocycles. The van der Waals surface area contributed by atoms with E-state index < -0.39 is 0 Å². The highest BCUT2D eigenvalue weighted by Gasteiger charge is 2.12. The Labute approximate surface area is 158 Å². The lowest BCUT2D eigenvalue weighted by Gasteiger charge is -2.05. The Balaban J connectivity index is 1.54. The van der Waals surface area contributed by atoms with Crippen LogP contribution in [0.2, 0.25) is 5.15 Å². The minimum atomic E-state index is -0.312. The Kier molecular flexibility index (Phi) is 4.56. The predicted molar refractivity (Wildman–Crippen MR) is 99.8 cm³/mol. The summed E-state index contributed by atoms with van der Waals surface area (Å²) in [6.07, 6.45) is 1.57. The van der Waals surface area contributed by atoms with Crippen LogP contribution in [0.15, 0.2) is 65.2 Å². The lowest BCUT2D eigenvalue weighted by molar-refractivity contribution is 0.0951. The first-order valence-corrected chi connectivity index (χ1v) is 8.51. The van der Waals surface area contributed by atoms with Gasteiger partial charge < -0.3 is 9.73 Å². The molecule has 0 saturated carbocycles. The fourth-order valence-corrected chi connectivity index (χ4v) is 2.79. The van der Waals surface area contributed by atoms with Crippen LogP contribution in [0, 0.1) is 5.82 Å². The molecule has 0 aliphatic heterocycles. The topological polar surface area (TPSA) is 68.0 Å². The largest absolute Gasteiger partial charge is 0.436 e. The van der Waals surface area contributed by atoms with Gasteiger partial charge in [0.05, 0.1) is 0 Å². The van der Waals surface area contributed by atoms with Gasteiger partial charge in [0.1, 0.15) is 16.5 Å². The molecular formula is C20H13ClFN3O2. The summed E-state index contributed by atoms with van der Waals surface area (Å²) >= 11 is 5.90. The third-order valence-electron chi connectivity index (χ3n) is 3.99. The normalized spacial score (nSPS) is 10.9. The molecule has 0 unspecified atom stereocenters. The number of amides is 1. The quantitative estimate of drug-likeness (QED) is 0.524. The Morgan fingerprint density at radius 2 is 1.93 bits per heavy atom. The first kappa shape index (κ1) is 17.2. The van der Waals surface area contributed by atoms with E-state index in [0.717, 1.165) is 5.56 Å². The monoisotopic (exact) mass is 381 g/mol. The van der Waals surface area contributed by atoms with Crippen LogP contribution in [0.1, 0.15) is 15.9 Å². The molecule has 4 aromatic rings. The van der Waals surface area contributed by atoms with Crippen LogP contribution in [0.25, 0.3) is 22.6 Å². The van der Waals surface area contributed by atoms with Gasteiger partial charge in [0.25, 0.3) is 5.91 Å². The summed E-state index contributed by atoms with van der Waals surface area (Å²) < 4.78 is 18.7. The van der Waals surface area contributed by atoms with E-state index in [0.29, 0.717) is 39.8 Å². The molecule has 2 aromatic heterocycles. The maximum Gasteiger partial charge on any atom is 0.251 e. The summed E-state index contributed by atoms with van der Waals surface area (Å²) in [5, 5.41) is 3.14. The van der Waals surface area contributed by atoms with Crippen molar-refractivity contribution >= 4 is 28.6 Å². The lowest BCUT2D eigenvalue weighted by atomic mass is 10.1. The second kappa shape index (κ2) is 7.17. The second-order valence-electron chi connectivity index (χ2n) is 5.88. The Morgan fingerprint density at radius 1 is 1.11 bits per heavy atom. The van der Waals surface area contributed by atoms with Crippen LogP contribution >= 0.6 is 11.6 Å². The summed E-state index contributed by atoms with van der Waals surface area (Å²) in [5.41, 5.74) is 3.09. The van der Waals surface area contributed by atoms with E-state index in [1.807, 2.05) is 0 Å². The van der Waals surface area contributed by atoms with Gasteiger partial charge >= 0.3 is 0 Å². The van der Waals surface area contributed by atoms with Crippen LogP contribution in [-0.4, -0.2) is 15.9 Å². The third kappa shape index (κ3) is 3.80. The van der Waals surface area contributed by atoms with E-state index >= 15 is 0 Å². The molecule has 4 rings (SSSR count). The van der Waals surface area contributed by atoms with Crippen molar-refractivity contribution in [2.45, 2.75) is 6.54 Å². The van der Waals surface area contributed by atoms with Gasteiger partial charge in [-0.05, 0) is 48.0 Å². The highest BCUT2D eigenvalue weighted by atomic mass is 35.5. The smallest absolute Gasteiger partial charge is 0.251 e. The van der Waals surface area contributed by atoms with E-state index in [2.05, 4.69) is 15.3 Å². The molecule has 27 heavy (non-hydrogen) atoms. The molecule has 5 nitrogen and oxygen atoms in total. The van der Waals surface area contributed by atoms with E-state index in [-0.39, 0.29) is 11.7 Å². The molecule has 0 aliphatic carbocycles. The molecule has 134 valence electrons. The zero-order valence-corrected chi connectivity index (χ0v) is 14.7. The van der Waals surface area contributed by atoms with Crippen molar-refractivity contribution in [3.05, 3.63) is 82.9 Å². The van der Waals surface area contributed by atoms with Gasteiger partial charge in [0.15, 0.2) is 5.58 Å². The van der Waals surface area contributed by atoms with Gasteiger partial charge in [-0.25, -0.2) is 14.4 Å². The van der Waals surface area contributed by atoms with E-state index in [1.165, 1.54) is 12.1 Å². The number of hydrogen-bond acceptors (Lipinski definition) is 4. The maximum absolute atomic E-state index is 12.9. The number of pyridine rings is 1. The molecule has 1 N–H and O–H groups in total. The molecular weight excluding hydrogens is 369 g/mol. The van der Waals surface area contributed by atoms with Crippen LogP contribution in [-0.2, 0) is 6.54 Å². The summed E-state index contributed by atoms with van der Waals surface area (Å²) in [7, 11) is 0. The Hall–Kier alpha value is -3.25. The van der Waals surface area contributed by atoms with Crippen LogP contribution in [0.3, 0.4) is 0 Å². The van der Waals surface area contributed by atoms with Crippen molar-refractivity contribution in [3.8, 4) is 11.5 Å². The number of hydrogen-bond donors (Lipinski definition) is 1. The first-order valence-electron chi connectivity index (χ1n) is 8.14. The number of aromatic nitrogens is 2. The molecule has 1 amide bonds. The zero-order valence-electron chi connectivity index (χ0n) is 13.9. The average molecular weight is 382 g/mol. The van der Waals surface area contributed by atoms with Gasteiger partial charge in [-0.1, -0.05) is 23.7 Å². The molecule has 2 heterocycles. The fourth-order valence-electron chi connectivity index (χ4n) is 2.61. The summed E-state index contributed by atoms with van der Waals surface area (Å²) in [4.78, 5) is 20.7. The standard InChI is InChI=1S/C20H13ClFN3O2/c21-18-10-14(7-8-23-18)20-25-16-9-13(3-6-17(16)27-20)19(26)24-11-12-1-4-15(22)5-2-12/h1-10H,11H2,(H,24,26). The fraction of sp³-hybridized carbons (Fsp3) is 0.0500. The number of oxazole rings is 1.